The summed E-state index contributed by atoms with van der Waals surface area (Å²) in [5.74, 6) is 0.563. The summed E-state index contributed by atoms with van der Waals surface area (Å²) in [4.78, 5) is 0. The molecular weight excluding hydrogens is 265 g/mol. The van der Waals surface area contributed by atoms with Crippen molar-refractivity contribution in [3.05, 3.63) is 65.5 Å². The third-order valence-corrected chi connectivity index (χ3v) is 3.38. The Bertz CT molecular complexity index is 553. The van der Waals surface area contributed by atoms with E-state index in [0.717, 1.165) is 24.3 Å². The van der Waals surface area contributed by atoms with Crippen molar-refractivity contribution in [2.24, 2.45) is 0 Å². The molecule has 2 nitrogen and oxygen atoms in total. The number of rotatable bonds is 7. The summed E-state index contributed by atoms with van der Waals surface area (Å²) in [5.41, 5.74) is 2.07. The van der Waals surface area contributed by atoms with Crippen LogP contribution in [0.1, 0.15) is 37.4 Å². The van der Waals surface area contributed by atoms with Gasteiger partial charge in [0.25, 0.3) is 0 Å². The maximum Gasteiger partial charge on any atom is 0.123 e. The molecule has 0 spiro atoms. The highest BCUT2D eigenvalue weighted by molar-refractivity contribution is 5.29. The van der Waals surface area contributed by atoms with E-state index < -0.39 is 0 Å². The molecule has 112 valence electrons. The van der Waals surface area contributed by atoms with E-state index >= 15 is 0 Å². The summed E-state index contributed by atoms with van der Waals surface area (Å²) in [5, 5.41) is 3.45. The number of ether oxygens (including phenoxy) is 1. The molecule has 1 unspecified atom stereocenters. The lowest BCUT2D eigenvalue weighted by atomic mass is 10.1. The highest BCUT2D eigenvalue weighted by Gasteiger charge is 2.04. The summed E-state index contributed by atoms with van der Waals surface area (Å²) < 4.78 is 18.7. The third kappa shape index (κ3) is 4.87. The minimum absolute atomic E-state index is 0.234. The molecule has 0 aliphatic heterocycles. The summed E-state index contributed by atoms with van der Waals surface area (Å²) in [7, 11) is 0. The summed E-state index contributed by atoms with van der Waals surface area (Å²) >= 11 is 0. The summed E-state index contributed by atoms with van der Waals surface area (Å²) in [6, 6.07) is 14.8. The standard InChI is InChI=1S/C18H22FNO/c1-3-11-20-14(2)16-7-9-18(10-8-16)21-13-15-5-4-6-17(19)12-15/h4-10,12,14,20H,3,11,13H2,1-2H3. The van der Waals surface area contributed by atoms with Crippen molar-refractivity contribution in [2.75, 3.05) is 6.54 Å². The zero-order valence-electron chi connectivity index (χ0n) is 12.6. The minimum Gasteiger partial charge on any atom is -0.489 e. The van der Waals surface area contributed by atoms with Crippen LogP contribution >= 0.6 is 0 Å². The third-order valence-electron chi connectivity index (χ3n) is 3.38. The van der Waals surface area contributed by atoms with Gasteiger partial charge in [0.1, 0.15) is 18.2 Å². The van der Waals surface area contributed by atoms with Crippen LogP contribution in [0.3, 0.4) is 0 Å². The first-order chi connectivity index (χ1) is 10.2. The van der Waals surface area contributed by atoms with Crippen molar-refractivity contribution in [2.45, 2.75) is 32.9 Å². The van der Waals surface area contributed by atoms with Gasteiger partial charge in [-0.1, -0.05) is 31.2 Å². The zero-order valence-corrected chi connectivity index (χ0v) is 12.6. The minimum atomic E-state index is -0.234. The van der Waals surface area contributed by atoms with Gasteiger partial charge in [0.2, 0.25) is 0 Å². The van der Waals surface area contributed by atoms with E-state index in [1.165, 1.54) is 17.7 Å². The molecule has 0 aliphatic carbocycles. The highest BCUT2D eigenvalue weighted by Crippen LogP contribution is 2.18. The molecule has 2 aromatic carbocycles. The Morgan fingerprint density at radius 1 is 1.14 bits per heavy atom. The molecule has 0 aliphatic rings. The number of hydrogen-bond donors (Lipinski definition) is 1. The van der Waals surface area contributed by atoms with Crippen molar-refractivity contribution >= 4 is 0 Å². The molecule has 1 N–H and O–H groups in total. The van der Waals surface area contributed by atoms with Gasteiger partial charge in [-0.25, -0.2) is 4.39 Å². The zero-order chi connectivity index (χ0) is 15.1. The molecule has 0 fully saturated rings. The van der Waals surface area contributed by atoms with Gasteiger partial charge >= 0.3 is 0 Å². The van der Waals surface area contributed by atoms with Gasteiger partial charge in [0, 0.05) is 6.04 Å². The fourth-order valence-corrected chi connectivity index (χ4v) is 2.12. The predicted octanol–water partition coefficient (Wildman–Crippen LogP) is 4.47. The fraction of sp³-hybridized carbons (Fsp3) is 0.333. The molecule has 1 atom stereocenters. The van der Waals surface area contributed by atoms with E-state index in [1.54, 1.807) is 6.07 Å². The van der Waals surface area contributed by atoms with Crippen molar-refractivity contribution in [3.63, 3.8) is 0 Å². The van der Waals surface area contributed by atoms with Crippen LogP contribution in [-0.2, 0) is 6.61 Å². The van der Waals surface area contributed by atoms with Crippen molar-refractivity contribution in [1.82, 2.24) is 5.32 Å². The van der Waals surface area contributed by atoms with Crippen LogP contribution in [-0.4, -0.2) is 6.54 Å². The van der Waals surface area contributed by atoms with Gasteiger partial charge in [-0.05, 0) is 55.3 Å². The first kappa shape index (κ1) is 15.5. The van der Waals surface area contributed by atoms with Gasteiger partial charge in [0.05, 0.1) is 0 Å². The van der Waals surface area contributed by atoms with Crippen LogP contribution in [0.25, 0.3) is 0 Å². The van der Waals surface area contributed by atoms with E-state index in [4.69, 9.17) is 4.74 Å². The number of halogens is 1. The van der Waals surface area contributed by atoms with Crippen molar-refractivity contribution < 1.29 is 9.13 Å². The topological polar surface area (TPSA) is 21.3 Å². The largest absolute Gasteiger partial charge is 0.489 e. The normalized spacial score (nSPS) is 12.1. The summed E-state index contributed by atoms with van der Waals surface area (Å²) in [6.45, 7) is 5.70. The van der Waals surface area contributed by atoms with Gasteiger partial charge in [0.15, 0.2) is 0 Å². The molecular formula is C18H22FNO. The Labute approximate surface area is 126 Å². The number of nitrogens with one attached hydrogen (secondary N) is 1. The van der Waals surface area contributed by atoms with E-state index in [1.807, 2.05) is 18.2 Å². The first-order valence-corrected chi connectivity index (χ1v) is 7.39. The van der Waals surface area contributed by atoms with E-state index in [0.29, 0.717) is 12.6 Å². The van der Waals surface area contributed by atoms with Crippen molar-refractivity contribution in [1.29, 1.82) is 0 Å². The molecule has 2 aromatic rings. The molecule has 0 radical (unpaired) electrons. The molecule has 21 heavy (non-hydrogen) atoms. The Kier molecular flexibility index (Phi) is 5.76. The van der Waals surface area contributed by atoms with Gasteiger partial charge in [-0.2, -0.15) is 0 Å². The number of hydrogen-bond acceptors (Lipinski definition) is 2. The molecule has 0 aromatic heterocycles. The number of benzene rings is 2. The second-order valence-electron chi connectivity index (χ2n) is 5.16. The molecule has 2 rings (SSSR count). The smallest absolute Gasteiger partial charge is 0.123 e. The van der Waals surface area contributed by atoms with Gasteiger partial charge in [-0.3, -0.25) is 0 Å². The second kappa shape index (κ2) is 7.79. The lowest BCUT2D eigenvalue weighted by Crippen LogP contribution is -2.19. The quantitative estimate of drug-likeness (QED) is 0.811. The lowest BCUT2D eigenvalue weighted by molar-refractivity contribution is 0.305. The van der Waals surface area contributed by atoms with Gasteiger partial charge in [-0.15, -0.1) is 0 Å². The van der Waals surface area contributed by atoms with Crippen LogP contribution in [0.15, 0.2) is 48.5 Å². The van der Waals surface area contributed by atoms with Crippen LogP contribution in [0.4, 0.5) is 4.39 Å². The first-order valence-electron chi connectivity index (χ1n) is 7.39. The SMILES string of the molecule is CCCNC(C)c1ccc(OCc2cccc(F)c2)cc1. The van der Waals surface area contributed by atoms with E-state index in [-0.39, 0.29) is 5.82 Å². The average Bonchev–Trinajstić information content (AvgIpc) is 2.51. The van der Waals surface area contributed by atoms with E-state index in [2.05, 4.69) is 31.3 Å². The second-order valence-corrected chi connectivity index (χ2v) is 5.16. The molecule has 0 heterocycles. The predicted molar refractivity (Wildman–Crippen MR) is 83.9 cm³/mol. The lowest BCUT2D eigenvalue weighted by Gasteiger charge is -2.14. The van der Waals surface area contributed by atoms with Crippen LogP contribution < -0.4 is 10.1 Å². The van der Waals surface area contributed by atoms with Crippen LogP contribution in [0.5, 0.6) is 5.75 Å². The Morgan fingerprint density at radius 3 is 2.57 bits per heavy atom. The molecule has 3 heteroatoms. The van der Waals surface area contributed by atoms with Crippen LogP contribution in [0, 0.1) is 5.82 Å². The average molecular weight is 287 g/mol. The molecule has 0 bridgehead atoms. The molecule has 0 amide bonds. The van der Waals surface area contributed by atoms with Gasteiger partial charge < -0.3 is 10.1 Å². The van der Waals surface area contributed by atoms with Crippen molar-refractivity contribution in [3.8, 4) is 5.75 Å². The molecule has 0 saturated carbocycles. The van der Waals surface area contributed by atoms with E-state index in [9.17, 15) is 4.39 Å². The highest BCUT2D eigenvalue weighted by atomic mass is 19.1. The fourth-order valence-electron chi connectivity index (χ4n) is 2.12. The maximum absolute atomic E-state index is 13.1. The monoisotopic (exact) mass is 287 g/mol. The summed E-state index contributed by atoms with van der Waals surface area (Å²) in [6.07, 6.45) is 1.12. The maximum atomic E-state index is 13.1. The van der Waals surface area contributed by atoms with Crippen LogP contribution in [0.2, 0.25) is 0 Å². The Balaban J connectivity index is 1.90. The Morgan fingerprint density at radius 2 is 1.90 bits per heavy atom. The Hall–Kier alpha value is -1.87. The molecule has 0 saturated heterocycles.